The average Bonchev–Trinajstić information content (AvgIpc) is 2.69. The summed E-state index contributed by atoms with van der Waals surface area (Å²) < 4.78 is 0. The number of aromatic nitrogens is 6. The number of nitrogens with zero attached hydrogens (tertiary/aromatic N) is 8. The largest absolute Gasteiger partial charge is 0.351 e. The van der Waals surface area contributed by atoms with E-state index in [1.165, 1.54) is 6.33 Å². The second-order valence-corrected chi connectivity index (χ2v) is 5.89. The van der Waals surface area contributed by atoms with Gasteiger partial charge < -0.3 is 9.80 Å². The van der Waals surface area contributed by atoms with Crippen LogP contribution in [-0.4, -0.2) is 56.3 Å². The average molecular weight is 334 g/mol. The zero-order chi connectivity index (χ0) is 17.1. The van der Waals surface area contributed by atoms with Gasteiger partial charge in [-0.3, -0.25) is 0 Å². The summed E-state index contributed by atoms with van der Waals surface area (Å²) in [7, 11) is 0. The Morgan fingerprint density at radius 2 is 1.56 bits per heavy atom. The fourth-order valence-electron chi connectivity index (χ4n) is 2.94. The molecule has 0 atom stereocenters. The maximum Gasteiger partial charge on any atom is 0.225 e. The molecule has 3 aromatic heterocycles. The van der Waals surface area contributed by atoms with E-state index < -0.39 is 0 Å². The zero-order valence-corrected chi connectivity index (χ0v) is 13.9. The van der Waals surface area contributed by atoms with Gasteiger partial charge in [0.1, 0.15) is 6.33 Å². The molecule has 0 radical (unpaired) electrons. The number of aryl methyl sites for hydroxylation is 1. The second kappa shape index (κ2) is 6.76. The minimum atomic E-state index is 0.782. The minimum Gasteiger partial charge on any atom is -0.351 e. The van der Waals surface area contributed by atoms with E-state index >= 15 is 0 Å². The van der Waals surface area contributed by atoms with Gasteiger partial charge in [-0.05, 0) is 24.6 Å². The van der Waals surface area contributed by atoms with Crippen molar-refractivity contribution in [2.24, 2.45) is 0 Å². The lowest BCUT2D eigenvalue weighted by atomic mass is 10.2. The SMILES string of the molecule is Cc1cc(-c2cncnc2)nnc1N1CCN(c2ncccn2)CC1. The first-order valence-electron chi connectivity index (χ1n) is 8.18. The Bertz CT molecular complexity index is 832. The summed E-state index contributed by atoms with van der Waals surface area (Å²) in [6.07, 6.45) is 8.55. The molecular formula is C17H18N8. The predicted molar refractivity (Wildman–Crippen MR) is 94.3 cm³/mol. The molecule has 8 nitrogen and oxygen atoms in total. The van der Waals surface area contributed by atoms with Crippen LogP contribution in [-0.2, 0) is 0 Å². The highest BCUT2D eigenvalue weighted by Crippen LogP contribution is 2.23. The summed E-state index contributed by atoms with van der Waals surface area (Å²) in [5.74, 6) is 1.71. The molecule has 1 fully saturated rings. The third-order valence-electron chi connectivity index (χ3n) is 4.23. The molecule has 25 heavy (non-hydrogen) atoms. The van der Waals surface area contributed by atoms with Crippen LogP contribution in [0.3, 0.4) is 0 Å². The van der Waals surface area contributed by atoms with Gasteiger partial charge in [0, 0.05) is 56.5 Å². The molecule has 0 saturated carbocycles. The van der Waals surface area contributed by atoms with Crippen molar-refractivity contribution in [1.29, 1.82) is 0 Å². The molecule has 0 bridgehead atoms. The maximum absolute atomic E-state index is 4.45. The van der Waals surface area contributed by atoms with E-state index in [-0.39, 0.29) is 0 Å². The fourth-order valence-corrected chi connectivity index (χ4v) is 2.94. The molecule has 4 heterocycles. The van der Waals surface area contributed by atoms with E-state index in [1.54, 1.807) is 24.8 Å². The summed E-state index contributed by atoms with van der Waals surface area (Å²) >= 11 is 0. The Kier molecular flexibility index (Phi) is 4.16. The molecule has 8 heteroatoms. The molecule has 1 aliphatic heterocycles. The van der Waals surface area contributed by atoms with Crippen LogP contribution in [0.25, 0.3) is 11.3 Å². The normalized spacial score (nSPS) is 14.6. The molecule has 0 amide bonds. The van der Waals surface area contributed by atoms with Crippen LogP contribution in [0.15, 0.2) is 43.2 Å². The lowest BCUT2D eigenvalue weighted by Gasteiger charge is -2.35. The predicted octanol–water partition coefficient (Wildman–Crippen LogP) is 1.36. The molecule has 0 aromatic carbocycles. The summed E-state index contributed by atoms with van der Waals surface area (Å²) in [6, 6.07) is 3.87. The first kappa shape index (κ1) is 15.4. The number of rotatable bonds is 3. The van der Waals surface area contributed by atoms with Crippen LogP contribution in [0, 0.1) is 6.92 Å². The number of piperazine rings is 1. The highest BCUT2D eigenvalue weighted by atomic mass is 15.3. The van der Waals surface area contributed by atoms with Gasteiger partial charge in [-0.1, -0.05) is 0 Å². The molecule has 1 aliphatic rings. The summed E-state index contributed by atoms with van der Waals surface area (Å²) in [5.41, 5.74) is 2.76. The highest BCUT2D eigenvalue weighted by molar-refractivity contribution is 5.60. The van der Waals surface area contributed by atoms with Crippen molar-refractivity contribution in [2.45, 2.75) is 6.92 Å². The fraction of sp³-hybridized carbons (Fsp3) is 0.294. The standard InChI is InChI=1S/C17H18N8/c1-13-9-15(14-10-18-12-19-11-14)22-23-16(13)24-5-7-25(8-6-24)17-20-3-2-4-21-17/h2-4,9-12H,5-8H2,1H3. The van der Waals surface area contributed by atoms with Crippen molar-refractivity contribution in [3.8, 4) is 11.3 Å². The third kappa shape index (κ3) is 3.23. The van der Waals surface area contributed by atoms with Gasteiger partial charge in [-0.15, -0.1) is 10.2 Å². The molecule has 0 spiro atoms. The quantitative estimate of drug-likeness (QED) is 0.710. The second-order valence-electron chi connectivity index (χ2n) is 5.89. The lowest BCUT2D eigenvalue weighted by Crippen LogP contribution is -2.47. The third-order valence-corrected chi connectivity index (χ3v) is 4.23. The van der Waals surface area contributed by atoms with Crippen molar-refractivity contribution >= 4 is 11.8 Å². The van der Waals surface area contributed by atoms with Crippen LogP contribution in [0.1, 0.15) is 5.56 Å². The Morgan fingerprint density at radius 3 is 2.24 bits per heavy atom. The van der Waals surface area contributed by atoms with Crippen LogP contribution in [0.5, 0.6) is 0 Å². The van der Waals surface area contributed by atoms with Crippen LogP contribution in [0.2, 0.25) is 0 Å². The Morgan fingerprint density at radius 1 is 0.880 bits per heavy atom. The Hall–Kier alpha value is -3.16. The van der Waals surface area contributed by atoms with Crippen molar-refractivity contribution in [1.82, 2.24) is 30.1 Å². The van der Waals surface area contributed by atoms with Gasteiger partial charge in [-0.2, -0.15) is 0 Å². The van der Waals surface area contributed by atoms with Gasteiger partial charge >= 0.3 is 0 Å². The summed E-state index contributed by atoms with van der Waals surface area (Å²) in [4.78, 5) is 21.2. The van der Waals surface area contributed by atoms with Crippen LogP contribution in [0.4, 0.5) is 11.8 Å². The van der Waals surface area contributed by atoms with Gasteiger partial charge in [0.25, 0.3) is 0 Å². The van der Waals surface area contributed by atoms with Crippen molar-refractivity contribution in [3.63, 3.8) is 0 Å². The number of hydrogen-bond donors (Lipinski definition) is 0. The van der Waals surface area contributed by atoms with E-state index in [0.29, 0.717) is 0 Å². The molecule has 0 unspecified atom stereocenters. The molecule has 4 rings (SSSR count). The van der Waals surface area contributed by atoms with Crippen molar-refractivity contribution in [2.75, 3.05) is 36.0 Å². The first-order chi connectivity index (χ1) is 12.3. The van der Waals surface area contributed by atoms with Gasteiger partial charge in [0.15, 0.2) is 5.82 Å². The highest BCUT2D eigenvalue weighted by Gasteiger charge is 2.21. The van der Waals surface area contributed by atoms with Crippen LogP contribution < -0.4 is 9.80 Å². The van der Waals surface area contributed by atoms with E-state index in [4.69, 9.17) is 0 Å². The molecular weight excluding hydrogens is 316 g/mol. The van der Waals surface area contributed by atoms with Gasteiger partial charge in [-0.25, -0.2) is 19.9 Å². The molecule has 3 aromatic rings. The van der Waals surface area contributed by atoms with Gasteiger partial charge in [0.05, 0.1) is 5.69 Å². The maximum atomic E-state index is 4.45. The van der Waals surface area contributed by atoms with E-state index in [1.807, 2.05) is 12.1 Å². The van der Waals surface area contributed by atoms with Crippen molar-refractivity contribution < 1.29 is 0 Å². The molecule has 0 N–H and O–H groups in total. The Labute approximate surface area is 145 Å². The van der Waals surface area contributed by atoms with Gasteiger partial charge in [0.2, 0.25) is 5.95 Å². The van der Waals surface area contributed by atoms with E-state index in [0.717, 1.165) is 54.8 Å². The topological polar surface area (TPSA) is 83.8 Å². The summed E-state index contributed by atoms with van der Waals surface area (Å²) in [5, 5.41) is 8.80. The number of anilines is 2. The van der Waals surface area contributed by atoms with E-state index in [2.05, 4.69) is 46.9 Å². The molecule has 0 aliphatic carbocycles. The van der Waals surface area contributed by atoms with Crippen molar-refractivity contribution in [3.05, 3.63) is 48.8 Å². The molecule has 126 valence electrons. The molecule has 1 saturated heterocycles. The van der Waals surface area contributed by atoms with Crippen LogP contribution >= 0.6 is 0 Å². The minimum absolute atomic E-state index is 0.782. The van der Waals surface area contributed by atoms with E-state index in [9.17, 15) is 0 Å². The lowest BCUT2D eigenvalue weighted by molar-refractivity contribution is 0.630. The smallest absolute Gasteiger partial charge is 0.225 e. The summed E-state index contributed by atoms with van der Waals surface area (Å²) in [6.45, 7) is 5.51. The first-order valence-corrected chi connectivity index (χ1v) is 8.18. The number of hydrogen-bond acceptors (Lipinski definition) is 8. The monoisotopic (exact) mass is 334 g/mol. The Balaban J connectivity index is 1.48. The zero-order valence-electron chi connectivity index (χ0n) is 13.9.